The zero-order chi connectivity index (χ0) is 21.3. The van der Waals surface area contributed by atoms with Crippen LogP contribution in [0, 0.1) is 0 Å². The smallest absolute Gasteiger partial charge is 0.193 e. The molecule has 1 aliphatic rings. The summed E-state index contributed by atoms with van der Waals surface area (Å²) in [6.45, 7) is 9.33. The third-order valence-electron chi connectivity index (χ3n) is 5.50. The Morgan fingerprint density at radius 3 is 2.30 bits per heavy atom. The number of nitrogens with zero attached hydrogens (tertiary/aromatic N) is 3. The Kier molecular flexibility index (Phi) is 7.93. The summed E-state index contributed by atoms with van der Waals surface area (Å²) in [7, 11) is 3.22. The van der Waals surface area contributed by atoms with Crippen LogP contribution in [0.2, 0.25) is 0 Å². The quantitative estimate of drug-likeness (QED) is 0.514. The predicted molar refractivity (Wildman–Crippen MR) is 122 cm³/mol. The fourth-order valence-electron chi connectivity index (χ4n) is 3.64. The molecule has 2 aromatic rings. The van der Waals surface area contributed by atoms with Crippen molar-refractivity contribution in [2.45, 2.75) is 20.0 Å². The van der Waals surface area contributed by atoms with E-state index in [1.807, 2.05) is 18.2 Å². The van der Waals surface area contributed by atoms with E-state index in [9.17, 15) is 0 Å². The van der Waals surface area contributed by atoms with Gasteiger partial charge < -0.3 is 25.4 Å². The minimum atomic E-state index is 0.369. The summed E-state index contributed by atoms with van der Waals surface area (Å²) in [5.41, 5.74) is 9.44. The van der Waals surface area contributed by atoms with Crippen molar-refractivity contribution in [2.75, 3.05) is 52.3 Å². The van der Waals surface area contributed by atoms with Gasteiger partial charge in [0.1, 0.15) is 0 Å². The first kappa shape index (κ1) is 21.9. The van der Waals surface area contributed by atoms with Crippen LogP contribution in [0.25, 0.3) is 0 Å². The maximum Gasteiger partial charge on any atom is 0.193 e. The molecule has 2 aromatic carbocycles. The highest BCUT2D eigenvalue weighted by molar-refractivity contribution is 5.92. The van der Waals surface area contributed by atoms with Crippen LogP contribution in [0.4, 0.5) is 5.69 Å². The summed E-state index contributed by atoms with van der Waals surface area (Å²) in [6.07, 6.45) is 0. The number of rotatable bonds is 8. The third-order valence-corrected chi connectivity index (χ3v) is 5.50. The first-order valence-corrected chi connectivity index (χ1v) is 10.4. The number of methoxy groups -OCH3 is 2. The van der Waals surface area contributed by atoms with Crippen LogP contribution in [-0.4, -0.2) is 62.7 Å². The number of aliphatic imine (C=N–C) groups is 1. The standard InChI is InChI=1S/C23H33N5O2/c1-4-27-11-13-28(14-12-27)17-19-8-6-5-7-18(19)16-25-23(24)26-20-9-10-21(29-2)22(15-20)30-3/h5-10,15H,4,11-14,16-17H2,1-3H3,(H3,24,25,26). The highest BCUT2D eigenvalue weighted by Gasteiger charge is 2.16. The van der Waals surface area contributed by atoms with Crippen molar-refractivity contribution in [3.63, 3.8) is 0 Å². The van der Waals surface area contributed by atoms with Crippen LogP contribution < -0.4 is 20.5 Å². The SMILES string of the molecule is CCN1CCN(Cc2ccccc2CN=C(N)Nc2ccc(OC)c(OC)c2)CC1. The number of benzene rings is 2. The second kappa shape index (κ2) is 10.8. The van der Waals surface area contributed by atoms with Gasteiger partial charge >= 0.3 is 0 Å². The lowest BCUT2D eigenvalue weighted by Gasteiger charge is -2.34. The molecule has 0 bridgehead atoms. The fourth-order valence-corrected chi connectivity index (χ4v) is 3.64. The first-order chi connectivity index (χ1) is 14.6. The average molecular weight is 412 g/mol. The number of hydrogen-bond acceptors (Lipinski definition) is 5. The van der Waals surface area contributed by atoms with Crippen LogP contribution in [-0.2, 0) is 13.1 Å². The molecule has 0 radical (unpaired) electrons. The van der Waals surface area contributed by atoms with Crippen LogP contribution in [0.15, 0.2) is 47.5 Å². The molecule has 30 heavy (non-hydrogen) atoms. The molecular formula is C23H33N5O2. The van der Waals surface area contributed by atoms with Gasteiger partial charge in [0.2, 0.25) is 0 Å². The van der Waals surface area contributed by atoms with Crippen molar-refractivity contribution >= 4 is 11.6 Å². The van der Waals surface area contributed by atoms with Crippen molar-refractivity contribution in [1.29, 1.82) is 0 Å². The van der Waals surface area contributed by atoms with Crippen LogP contribution in [0.1, 0.15) is 18.1 Å². The Morgan fingerprint density at radius 2 is 1.63 bits per heavy atom. The lowest BCUT2D eigenvalue weighted by molar-refractivity contribution is 0.131. The molecule has 1 saturated heterocycles. The normalized spacial score (nSPS) is 15.8. The number of anilines is 1. The molecule has 0 atom stereocenters. The molecule has 3 rings (SSSR count). The summed E-state index contributed by atoms with van der Waals surface area (Å²) < 4.78 is 10.6. The summed E-state index contributed by atoms with van der Waals surface area (Å²) in [5, 5.41) is 3.13. The number of guanidine groups is 1. The van der Waals surface area contributed by atoms with Gasteiger partial charge in [0.25, 0.3) is 0 Å². The highest BCUT2D eigenvalue weighted by atomic mass is 16.5. The van der Waals surface area contributed by atoms with E-state index in [0.29, 0.717) is 24.0 Å². The maximum atomic E-state index is 6.13. The monoisotopic (exact) mass is 411 g/mol. The van der Waals surface area contributed by atoms with Gasteiger partial charge in [0.05, 0.1) is 20.8 Å². The van der Waals surface area contributed by atoms with Gasteiger partial charge in [-0.25, -0.2) is 4.99 Å². The molecule has 0 unspecified atom stereocenters. The van der Waals surface area contributed by atoms with Gasteiger partial charge in [-0.3, -0.25) is 4.90 Å². The molecule has 1 fully saturated rings. The van der Waals surface area contributed by atoms with Crippen molar-refractivity contribution in [1.82, 2.24) is 9.80 Å². The van der Waals surface area contributed by atoms with Gasteiger partial charge in [0, 0.05) is 44.5 Å². The summed E-state index contributed by atoms with van der Waals surface area (Å²) in [4.78, 5) is 9.56. The fraction of sp³-hybridized carbons (Fsp3) is 0.435. The van der Waals surface area contributed by atoms with Crippen LogP contribution in [0.5, 0.6) is 11.5 Å². The first-order valence-electron chi connectivity index (χ1n) is 10.4. The highest BCUT2D eigenvalue weighted by Crippen LogP contribution is 2.29. The van der Waals surface area contributed by atoms with Crippen LogP contribution >= 0.6 is 0 Å². The largest absolute Gasteiger partial charge is 0.493 e. The van der Waals surface area contributed by atoms with Gasteiger partial charge in [-0.1, -0.05) is 31.2 Å². The van der Waals surface area contributed by atoms with E-state index < -0.39 is 0 Å². The number of likely N-dealkylation sites (N-methyl/N-ethyl adjacent to an activating group) is 1. The topological polar surface area (TPSA) is 75.4 Å². The van der Waals surface area contributed by atoms with E-state index in [-0.39, 0.29) is 0 Å². The van der Waals surface area contributed by atoms with Crippen molar-refractivity contribution in [3.8, 4) is 11.5 Å². The number of hydrogen-bond donors (Lipinski definition) is 2. The Bertz CT molecular complexity index is 847. The molecule has 1 aliphatic heterocycles. The minimum Gasteiger partial charge on any atom is -0.493 e. The second-order valence-electron chi connectivity index (χ2n) is 7.38. The predicted octanol–water partition coefficient (Wildman–Crippen LogP) is 2.77. The number of nitrogens with one attached hydrogen (secondary N) is 1. The van der Waals surface area contributed by atoms with Crippen LogP contribution in [0.3, 0.4) is 0 Å². The number of piperazine rings is 1. The molecule has 0 aromatic heterocycles. The summed E-state index contributed by atoms with van der Waals surface area (Å²) in [5.74, 6) is 1.68. The lowest BCUT2D eigenvalue weighted by atomic mass is 10.1. The maximum absolute atomic E-state index is 6.13. The molecule has 0 saturated carbocycles. The Morgan fingerprint density at radius 1 is 0.967 bits per heavy atom. The van der Waals surface area contributed by atoms with E-state index in [0.717, 1.165) is 45.0 Å². The third kappa shape index (κ3) is 5.87. The zero-order valence-corrected chi connectivity index (χ0v) is 18.2. The Balaban J connectivity index is 1.62. The molecule has 0 spiro atoms. The second-order valence-corrected chi connectivity index (χ2v) is 7.38. The minimum absolute atomic E-state index is 0.369. The van der Waals surface area contributed by atoms with E-state index >= 15 is 0 Å². The molecular weight excluding hydrogens is 378 g/mol. The van der Waals surface area contributed by atoms with E-state index in [1.165, 1.54) is 11.1 Å². The number of nitrogens with two attached hydrogens (primary N) is 1. The molecule has 162 valence electrons. The Labute approximate surface area is 179 Å². The van der Waals surface area contributed by atoms with Gasteiger partial charge in [-0.2, -0.15) is 0 Å². The Hall–Kier alpha value is -2.77. The molecule has 7 heteroatoms. The molecule has 7 nitrogen and oxygen atoms in total. The van der Waals surface area contributed by atoms with Gasteiger partial charge in [0.15, 0.2) is 17.5 Å². The number of ether oxygens (including phenoxy) is 2. The lowest BCUT2D eigenvalue weighted by Crippen LogP contribution is -2.45. The average Bonchev–Trinajstić information content (AvgIpc) is 2.79. The summed E-state index contributed by atoms with van der Waals surface area (Å²) >= 11 is 0. The van der Waals surface area contributed by atoms with Gasteiger partial charge in [-0.15, -0.1) is 0 Å². The summed E-state index contributed by atoms with van der Waals surface area (Å²) in [6, 6.07) is 14.0. The van der Waals surface area contributed by atoms with Crippen molar-refractivity contribution < 1.29 is 9.47 Å². The molecule has 3 N–H and O–H groups in total. The molecule has 1 heterocycles. The molecule has 0 aliphatic carbocycles. The zero-order valence-electron chi connectivity index (χ0n) is 18.2. The molecule has 0 amide bonds. The van der Waals surface area contributed by atoms with E-state index in [4.69, 9.17) is 15.2 Å². The van der Waals surface area contributed by atoms with E-state index in [2.05, 4.69) is 51.3 Å². The van der Waals surface area contributed by atoms with Gasteiger partial charge in [-0.05, 0) is 29.8 Å². The van der Waals surface area contributed by atoms with Crippen molar-refractivity contribution in [2.24, 2.45) is 10.7 Å². The van der Waals surface area contributed by atoms with Crippen molar-refractivity contribution in [3.05, 3.63) is 53.6 Å². The van der Waals surface area contributed by atoms with E-state index in [1.54, 1.807) is 14.2 Å².